The van der Waals surface area contributed by atoms with Crippen LogP contribution in [0.15, 0.2) is 79.4 Å². The summed E-state index contributed by atoms with van der Waals surface area (Å²) in [6.45, 7) is 3.19. The number of hydrogen-bond donors (Lipinski definition) is 1. The summed E-state index contributed by atoms with van der Waals surface area (Å²) in [6, 6.07) is 19.5. The Labute approximate surface area is 171 Å². The normalized spacial score (nSPS) is 16.6. The van der Waals surface area contributed by atoms with E-state index in [4.69, 9.17) is 0 Å². The molecule has 2 aromatic carbocycles. The summed E-state index contributed by atoms with van der Waals surface area (Å²) >= 11 is 0. The zero-order valence-electron chi connectivity index (χ0n) is 16.7. The third kappa shape index (κ3) is 3.70. The first-order chi connectivity index (χ1) is 14.1. The van der Waals surface area contributed by atoms with E-state index < -0.39 is 5.60 Å². The molecule has 0 unspecified atom stereocenters. The molecule has 2 heterocycles. The lowest BCUT2D eigenvalue weighted by Crippen LogP contribution is -2.47. The van der Waals surface area contributed by atoms with Crippen LogP contribution in [0.1, 0.15) is 36.9 Å². The van der Waals surface area contributed by atoms with Crippen molar-refractivity contribution in [1.29, 1.82) is 0 Å². The summed E-state index contributed by atoms with van der Waals surface area (Å²) in [4.78, 5) is 18.9. The van der Waals surface area contributed by atoms with Gasteiger partial charge in [0.25, 0.3) is 0 Å². The van der Waals surface area contributed by atoms with Crippen LogP contribution < -0.4 is 0 Å². The first-order valence-electron chi connectivity index (χ1n) is 10.2. The largest absolute Gasteiger partial charge is 0.380 e. The number of aromatic nitrogens is 2. The molecule has 1 fully saturated rings. The summed E-state index contributed by atoms with van der Waals surface area (Å²) in [6.07, 6.45) is 6.69. The molecule has 5 nitrogen and oxygen atoms in total. The molecule has 1 amide bonds. The number of rotatable bonds is 5. The summed E-state index contributed by atoms with van der Waals surface area (Å²) in [5.41, 5.74) is 0.749. The fraction of sp³-hybridized carbons (Fsp3) is 0.333. The third-order valence-electron chi connectivity index (χ3n) is 6.15. The Kier molecular flexibility index (Phi) is 5.49. The highest BCUT2D eigenvalue weighted by molar-refractivity contribution is 5.80. The maximum absolute atomic E-state index is 12.9. The molecule has 0 bridgehead atoms. The Hall–Kier alpha value is -2.92. The van der Waals surface area contributed by atoms with Crippen LogP contribution in [0.4, 0.5) is 0 Å². The van der Waals surface area contributed by atoms with Gasteiger partial charge < -0.3 is 14.6 Å². The quantitative estimate of drug-likeness (QED) is 0.725. The van der Waals surface area contributed by atoms with Gasteiger partial charge in [0, 0.05) is 25.5 Å². The van der Waals surface area contributed by atoms with Crippen LogP contribution in [0.5, 0.6) is 0 Å². The van der Waals surface area contributed by atoms with Gasteiger partial charge in [-0.2, -0.15) is 0 Å². The fourth-order valence-corrected chi connectivity index (χ4v) is 4.43. The van der Waals surface area contributed by atoms with Gasteiger partial charge in [-0.25, -0.2) is 4.98 Å². The molecule has 0 aliphatic carbocycles. The minimum atomic E-state index is -1.06. The smallest absolute Gasteiger partial charge is 0.245 e. The number of imidazole rings is 1. The fourth-order valence-electron chi connectivity index (χ4n) is 4.43. The molecule has 1 N–H and O–H groups in total. The van der Waals surface area contributed by atoms with Crippen LogP contribution in [-0.2, 0) is 10.4 Å². The lowest BCUT2D eigenvalue weighted by atomic mass is 9.72. The average molecular weight is 389 g/mol. The number of carbonyl (C=O) groups is 1. The molecule has 1 atom stereocenters. The number of benzene rings is 2. The van der Waals surface area contributed by atoms with E-state index >= 15 is 0 Å². The van der Waals surface area contributed by atoms with Gasteiger partial charge in [0.15, 0.2) is 0 Å². The highest BCUT2D eigenvalue weighted by Crippen LogP contribution is 2.42. The van der Waals surface area contributed by atoms with Crippen LogP contribution in [0.2, 0.25) is 0 Å². The SMILES string of the molecule is C[C@H](C(=O)N1CCC(C(O)(c2ccccc2)c2ccccc2)CC1)n1ccnc1. The number of likely N-dealkylation sites (tertiary alicyclic amines) is 1. The van der Waals surface area contributed by atoms with Crippen molar-refractivity contribution in [2.45, 2.75) is 31.4 Å². The van der Waals surface area contributed by atoms with E-state index in [2.05, 4.69) is 4.98 Å². The third-order valence-corrected chi connectivity index (χ3v) is 6.15. The Balaban J connectivity index is 1.54. The second kappa shape index (κ2) is 8.21. The van der Waals surface area contributed by atoms with E-state index in [-0.39, 0.29) is 17.9 Å². The van der Waals surface area contributed by atoms with Crippen molar-refractivity contribution in [1.82, 2.24) is 14.5 Å². The van der Waals surface area contributed by atoms with Gasteiger partial charge in [0.2, 0.25) is 5.91 Å². The number of amides is 1. The molecule has 1 saturated heterocycles. The van der Waals surface area contributed by atoms with Crippen LogP contribution in [0.3, 0.4) is 0 Å². The Morgan fingerprint density at radius 2 is 1.59 bits per heavy atom. The summed E-state index contributed by atoms with van der Waals surface area (Å²) < 4.78 is 1.83. The zero-order valence-corrected chi connectivity index (χ0v) is 16.7. The van der Waals surface area contributed by atoms with E-state index in [9.17, 15) is 9.90 Å². The van der Waals surface area contributed by atoms with Crippen molar-refractivity contribution in [3.8, 4) is 0 Å². The van der Waals surface area contributed by atoms with Crippen LogP contribution in [0, 0.1) is 5.92 Å². The molecular weight excluding hydrogens is 362 g/mol. The highest BCUT2D eigenvalue weighted by Gasteiger charge is 2.42. The summed E-state index contributed by atoms with van der Waals surface area (Å²) in [5, 5.41) is 11.9. The molecule has 1 aliphatic rings. The number of nitrogens with zero attached hydrogens (tertiary/aromatic N) is 3. The van der Waals surface area contributed by atoms with E-state index in [0.29, 0.717) is 13.1 Å². The van der Waals surface area contributed by atoms with Crippen molar-refractivity contribution < 1.29 is 9.90 Å². The predicted molar refractivity (Wildman–Crippen MR) is 112 cm³/mol. The molecule has 0 radical (unpaired) electrons. The molecule has 150 valence electrons. The lowest BCUT2D eigenvalue weighted by Gasteiger charge is -2.42. The topological polar surface area (TPSA) is 58.4 Å². The van der Waals surface area contributed by atoms with Gasteiger partial charge in [-0.3, -0.25) is 4.79 Å². The molecule has 5 heteroatoms. The highest BCUT2D eigenvalue weighted by atomic mass is 16.3. The monoisotopic (exact) mass is 389 g/mol. The lowest BCUT2D eigenvalue weighted by molar-refractivity contribution is -0.137. The van der Waals surface area contributed by atoms with Crippen molar-refractivity contribution in [3.63, 3.8) is 0 Å². The molecule has 4 rings (SSSR count). The minimum absolute atomic E-state index is 0.0416. The maximum Gasteiger partial charge on any atom is 0.245 e. The van der Waals surface area contributed by atoms with Gasteiger partial charge in [-0.1, -0.05) is 60.7 Å². The van der Waals surface area contributed by atoms with Gasteiger partial charge in [0.05, 0.1) is 6.33 Å². The predicted octanol–water partition coefficient (Wildman–Crippen LogP) is 3.62. The Morgan fingerprint density at radius 3 is 2.07 bits per heavy atom. The number of aliphatic hydroxyl groups is 1. The number of piperidine rings is 1. The van der Waals surface area contributed by atoms with E-state index in [0.717, 1.165) is 24.0 Å². The Morgan fingerprint density at radius 1 is 1.03 bits per heavy atom. The molecule has 0 spiro atoms. The van der Waals surface area contributed by atoms with Crippen molar-refractivity contribution >= 4 is 5.91 Å². The molecule has 0 saturated carbocycles. The molecule has 3 aromatic rings. The van der Waals surface area contributed by atoms with Gasteiger partial charge in [-0.15, -0.1) is 0 Å². The minimum Gasteiger partial charge on any atom is -0.380 e. The van der Waals surface area contributed by atoms with Crippen LogP contribution >= 0.6 is 0 Å². The van der Waals surface area contributed by atoms with Crippen LogP contribution in [0.25, 0.3) is 0 Å². The van der Waals surface area contributed by atoms with Crippen molar-refractivity contribution in [2.75, 3.05) is 13.1 Å². The zero-order chi connectivity index (χ0) is 20.3. The molecule has 1 aliphatic heterocycles. The van der Waals surface area contributed by atoms with E-state index in [1.54, 1.807) is 12.5 Å². The molecule has 29 heavy (non-hydrogen) atoms. The first-order valence-corrected chi connectivity index (χ1v) is 10.2. The van der Waals surface area contributed by atoms with Gasteiger partial charge >= 0.3 is 0 Å². The Bertz CT molecular complexity index is 878. The average Bonchev–Trinajstić information content (AvgIpc) is 3.34. The second-order valence-electron chi connectivity index (χ2n) is 7.78. The standard InChI is InChI=1S/C24H27N3O2/c1-19(27-17-14-25-18-27)23(28)26-15-12-22(13-16-26)24(29,20-8-4-2-5-9-20)21-10-6-3-7-11-21/h2-11,14,17-19,22,29H,12-13,15-16H2,1H3/t19-/m1/s1. The number of hydrogen-bond acceptors (Lipinski definition) is 3. The first kappa shape index (κ1) is 19.4. The van der Waals surface area contributed by atoms with E-state index in [1.807, 2.05) is 83.3 Å². The van der Waals surface area contributed by atoms with Gasteiger partial charge in [-0.05, 0) is 36.8 Å². The molecular formula is C24H27N3O2. The second-order valence-corrected chi connectivity index (χ2v) is 7.78. The van der Waals surface area contributed by atoms with E-state index in [1.165, 1.54) is 0 Å². The maximum atomic E-state index is 12.9. The molecule has 1 aromatic heterocycles. The van der Waals surface area contributed by atoms with Crippen LogP contribution in [-0.4, -0.2) is 38.6 Å². The summed E-state index contributed by atoms with van der Waals surface area (Å²) in [7, 11) is 0. The van der Waals surface area contributed by atoms with Crippen molar-refractivity contribution in [2.24, 2.45) is 5.92 Å². The summed E-state index contributed by atoms with van der Waals surface area (Å²) in [5.74, 6) is 0.143. The van der Waals surface area contributed by atoms with Gasteiger partial charge in [0.1, 0.15) is 11.6 Å². The van der Waals surface area contributed by atoms with Crippen molar-refractivity contribution in [3.05, 3.63) is 90.5 Å². The number of carbonyl (C=O) groups excluding carboxylic acids is 1.